The number of nitrogens with one attached hydrogen (secondary N) is 1. The minimum atomic E-state index is 0.153. The minimum Gasteiger partial charge on any atom is -0.368 e. The normalized spacial score (nSPS) is 18.8. The Balaban J connectivity index is 2.23. The molecule has 0 bridgehead atoms. The monoisotopic (exact) mass is 229 g/mol. The van der Waals surface area contributed by atoms with Crippen LogP contribution in [0, 0.1) is 18.3 Å². The molecule has 0 aliphatic carbocycles. The van der Waals surface area contributed by atoms with Crippen LogP contribution in [0.1, 0.15) is 25.0 Å². The van der Waals surface area contributed by atoms with Crippen LogP contribution in [-0.2, 0) is 0 Å². The van der Waals surface area contributed by atoms with Gasteiger partial charge in [0.2, 0.25) is 0 Å². The average molecular weight is 229 g/mol. The number of hydrogen-bond donors (Lipinski definition) is 1. The van der Waals surface area contributed by atoms with Gasteiger partial charge in [-0.3, -0.25) is 0 Å². The van der Waals surface area contributed by atoms with Crippen LogP contribution >= 0.6 is 0 Å². The lowest BCUT2D eigenvalue weighted by Gasteiger charge is -2.40. The van der Waals surface area contributed by atoms with Crippen LogP contribution in [0.2, 0.25) is 0 Å². The molecule has 17 heavy (non-hydrogen) atoms. The SMILES string of the molecule is Cc1cc(N2CCNC(C)(C)C2)ccc1C#N. The van der Waals surface area contributed by atoms with Crippen molar-refractivity contribution in [2.45, 2.75) is 26.3 Å². The highest BCUT2D eigenvalue weighted by atomic mass is 15.2. The van der Waals surface area contributed by atoms with Gasteiger partial charge in [-0.25, -0.2) is 0 Å². The molecular weight excluding hydrogens is 210 g/mol. The maximum absolute atomic E-state index is 8.93. The lowest BCUT2D eigenvalue weighted by Crippen LogP contribution is -2.57. The third kappa shape index (κ3) is 2.59. The van der Waals surface area contributed by atoms with Gasteiger partial charge < -0.3 is 10.2 Å². The number of benzene rings is 1. The molecule has 90 valence electrons. The molecule has 1 N–H and O–H groups in total. The van der Waals surface area contributed by atoms with Crippen LogP contribution in [0.3, 0.4) is 0 Å². The zero-order valence-electron chi connectivity index (χ0n) is 10.7. The van der Waals surface area contributed by atoms with Crippen LogP contribution in [0.5, 0.6) is 0 Å². The number of nitriles is 1. The van der Waals surface area contributed by atoms with E-state index in [0.717, 1.165) is 30.8 Å². The smallest absolute Gasteiger partial charge is 0.0994 e. The van der Waals surface area contributed by atoms with Gasteiger partial charge in [-0.05, 0) is 44.5 Å². The third-order valence-corrected chi connectivity index (χ3v) is 3.27. The number of aryl methyl sites for hydroxylation is 1. The second-order valence-corrected chi connectivity index (χ2v) is 5.34. The van der Waals surface area contributed by atoms with Gasteiger partial charge in [0.25, 0.3) is 0 Å². The molecule has 3 nitrogen and oxygen atoms in total. The number of rotatable bonds is 1. The Labute approximate surface area is 103 Å². The maximum atomic E-state index is 8.93. The van der Waals surface area contributed by atoms with Crippen molar-refractivity contribution in [1.29, 1.82) is 5.26 Å². The minimum absolute atomic E-state index is 0.153. The van der Waals surface area contributed by atoms with Gasteiger partial charge in [0, 0.05) is 30.9 Å². The van der Waals surface area contributed by atoms with Crippen molar-refractivity contribution in [3.05, 3.63) is 29.3 Å². The van der Waals surface area contributed by atoms with Crippen molar-refractivity contribution in [3.8, 4) is 6.07 Å². The van der Waals surface area contributed by atoms with Gasteiger partial charge in [-0.15, -0.1) is 0 Å². The van der Waals surface area contributed by atoms with Crippen molar-refractivity contribution >= 4 is 5.69 Å². The largest absolute Gasteiger partial charge is 0.368 e. The quantitative estimate of drug-likeness (QED) is 0.801. The van der Waals surface area contributed by atoms with E-state index in [4.69, 9.17) is 5.26 Å². The Bertz CT molecular complexity index is 457. The van der Waals surface area contributed by atoms with Crippen LogP contribution in [0.25, 0.3) is 0 Å². The summed E-state index contributed by atoms with van der Waals surface area (Å²) >= 11 is 0. The highest BCUT2D eigenvalue weighted by Gasteiger charge is 2.25. The average Bonchev–Trinajstić information content (AvgIpc) is 2.27. The first kappa shape index (κ1) is 11.9. The molecule has 1 aliphatic rings. The van der Waals surface area contributed by atoms with Crippen molar-refractivity contribution in [2.75, 3.05) is 24.5 Å². The van der Waals surface area contributed by atoms with E-state index in [1.54, 1.807) is 0 Å². The van der Waals surface area contributed by atoms with Crippen LogP contribution in [-0.4, -0.2) is 25.2 Å². The molecule has 0 spiro atoms. The van der Waals surface area contributed by atoms with Crippen molar-refractivity contribution in [1.82, 2.24) is 5.32 Å². The fraction of sp³-hybridized carbons (Fsp3) is 0.500. The van der Waals surface area contributed by atoms with E-state index in [1.807, 2.05) is 19.1 Å². The van der Waals surface area contributed by atoms with Crippen LogP contribution in [0.15, 0.2) is 18.2 Å². The fourth-order valence-electron chi connectivity index (χ4n) is 2.33. The molecule has 1 aliphatic heterocycles. The summed E-state index contributed by atoms with van der Waals surface area (Å²) in [5.74, 6) is 0. The predicted octanol–water partition coefficient (Wildman–Crippen LogP) is 2.05. The number of anilines is 1. The molecular formula is C14H19N3. The lowest BCUT2D eigenvalue weighted by molar-refractivity contribution is 0.353. The zero-order chi connectivity index (χ0) is 12.5. The lowest BCUT2D eigenvalue weighted by atomic mass is 10.0. The molecule has 1 heterocycles. The third-order valence-electron chi connectivity index (χ3n) is 3.27. The molecule has 0 atom stereocenters. The first-order valence-corrected chi connectivity index (χ1v) is 6.02. The second kappa shape index (κ2) is 4.38. The Morgan fingerprint density at radius 1 is 1.41 bits per heavy atom. The van der Waals surface area contributed by atoms with Crippen molar-refractivity contribution in [3.63, 3.8) is 0 Å². The first-order valence-electron chi connectivity index (χ1n) is 6.02. The molecule has 0 aromatic heterocycles. The second-order valence-electron chi connectivity index (χ2n) is 5.34. The summed E-state index contributed by atoms with van der Waals surface area (Å²) in [7, 11) is 0. The van der Waals surface area contributed by atoms with Gasteiger partial charge in [-0.1, -0.05) is 0 Å². The molecule has 0 amide bonds. The van der Waals surface area contributed by atoms with E-state index in [9.17, 15) is 0 Å². The highest BCUT2D eigenvalue weighted by Crippen LogP contribution is 2.22. The van der Waals surface area contributed by atoms with Crippen LogP contribution < -0.4 is 10.2 Å². The predicted molar refractivity (Wildman–Crippen MR) is 70.2 cm³/mol. The van der Waals surface area contributed by atoms with Crippen LogP contribution in [0.4, 0.5) is 5.69 Å². The molecule has 3 heteroatoms. The summed E-state index contributed by atoms with van der Waals surface area (Å²) in [5.41, 5.74) is 3.20. The molecule has 2 rings (SSSR count). The summed E-state index contributed by atoms with van der Waals surface area (Å²) in [4.78, 5) is 2.38. The summed E-state index contributed by atoms with van der Waals surface area (Å²) in [6, 6.07) is 8.29. The van der Waals surface area contributed by atoms with Gasteiger partial charge >= 0.3 is 0 Å². The summed E-state index contributed by atoms with van der Waals surface area (Å²) in [6.07, 6.45) is 0. The number of hydrogen-bond acceptors (Lipinski definition) is 3. The number of nitrogens with zero attached hydrogens (tertiary/aromatic N) is 2. The maximum Gasteiger partial charge on any atom is 0.0994 e. The first-order chi connectivity index (χ1) is 8.02. The van der Waals surface area contributed by atoms with E-state index in [0.29, 0.717) is 0 Å². The Morgan fingerprint density at radius 2 is 2.18 bits per heavy atom. The Morgan fingerprint density at radius 3 is 2.76 bits per heavy atom. The fourth-order valence-corrected chi connectivity index (χ4v) is 2.33. The Kier molecular flexibility index (Phi) is 3.08. The molecule has 1 saturated heterocycles. The van der Waals surface area contributed by atoms with Gasteiger partial charge in [0.05, 0.1) is 11.6 Å². The molecule has 1 aromatic carbocycles. The number of piperazine rings is 1. The summed E-state index contributed by atoms with van der Waals surface area (Å²) in [6.45, 7) is 9.46. The topological polar surface area (TPSA) is 39.1 Å². The van der Waals surface area contributed by atoms with Gasteiger partial charge in [0.1, 0.15) is 0 Å². The van der Waals surface area contributed by atoms with E-state index >= 15 is 0 Å². The van der Waals surface area contributed by atoms with E-state index in [-0.39, 0.29) is 5.54 Å². The summed E-state index contributed by atoms with van der Waals surface area (Å²) < 4.78 is 0. The van der Waals surface area contributed by atoms with E-state index in [1.165, 1.54) is 5.69 Å². The Hall–Kier alpha value is -1.53. The standard InChI is InChI=1S/C14H19N3/c1-11-8-13(5-4-12(11)9-15)17-7-6-16-14(2,3)10-17/h4-5,8,16H,6-7,10H2,1-3H3. The molecule has 0 unspecified atom stereocenters. The van der Waals surface area contributed by atoms with Gasteiger partial charge in [0.15, 0.2) is 0 Å². The molecule has 0 saturated carbocycles. The molecule has 1 fully saturated rings. The highest BCUT2D eigenvalue weighted by molar-refractivity contribution is 5.54. The van der Waals surface area contributed by atoms with Crippen molar-refractivity contribution in [2.24, 2.45) is 0 Å². The van der Waals surface area contributed by atoms with Gasteiger partial charge in [-0.2, -0.15) is 5.26 Å². The zero-order valence-corrected chi connectivity index (χ0v) is 10.7. The molecule has 0 radical (unpaired) electrons. The summed E-state index contributed by atoms with van der Waals surface area (Å²) in [5, 5.41) is 12.4. The van der Waals surface area contributed by atoms with Crippen molar-refractivity contribution < 1.29 is 0 Å². The van der Waals surface area contributed by atoms with E-state index < -0.39 is 0 Å². The molecule has 1 aromatic rings. The van der Waals surface area contributed by atoms with E-state index in [2.05, 4.69) is 36.2 Å².